The molecule has 3 aliphatic rings. The average Bonchev–Trinajstić information content (AvgIpc) is 3.41. The summed E-state index contributed by atoms with van der Waals surface area (Å²) in [7, 11) is 0. The number of ketones is 1. The molecule has 2 aliphatic heterocycles. The van der Waals surface area contributed by atoms with Crippen molar-refractivity contribution in [3.63, 3.8) is 0 Å². The van der Waals surface area contributed by atoms with Crippen molar-refractivity contribution in [1.29, 1.82) is 0 Å². The van der Waals surface area contributed by atoms with Crippen molar-refractivity contribution in [3.8, 4) is 45.4 Å². The number of aromatic hydroxyl groups is 1. The van der Waals surface area contributed by atoms with Crippen LogP contribution in [0.2, 0.25) is 0 Å². The van der Waals surface area contributed by atoms with Gasteiger partial charge in [0.05, 0.1) is 11.9 Å². The fourth-order valence-electron chi connectivity index (χ4n) is 4.77. The summed E-state index contributed by atoms with van der Waals surface area (Å²) >= 11 is 0. The van der Waals surface area contributed by atoms with Crippen LogP contribution in [0.5, 0.6) is 23.0 Å². The summed E-state index contributed by atoms with van der Waals surface area (Å²) in [5.74, 6) is 2.90. The van der Waals surface area contributed by atoms with Crippen LogP contribution in [0.15, 0.2) is 47.9 Å². The van der Waals surface area contributed by atoms with Crippen molar-refractivity contribution in [2.75, 3.05) is 6.79 Å². The maximum Gasteiger partial charge on any atom is 0.231 e. The minimum atomic E-state index is -0.120. The van der Waals surface area contributed by atoms with E-state index in [0.29, 0.717) is 58.9 Å². The molecule has 3 aromatic rings. The third-order valence-corrected chi connectivity index (χ3v) is 6.37. The van der Waals surface area contributed by atoms with Gasteiger partial charge in [-0.2, -0.15) is 5.10 Å². The number of hydrogen-bond donors (Lipinski definition) is 2. The van der Waals surface area contributed by atoms with E-state index >= 15 is 0 Å². The Morgan fingerprint density at radius 3 is 2.72 bits per heavy atom. The number of carbonyl (C=O) groups is 1. The molecule has 0 saturated carbocycles. The van der Waals surface area contributed by atoms with Crippen LogP contribution in [-0.4, -0.2) is 27.9 Å². The topological polar surface area (TPSA) is 93.7 Å². The summed E-state index contributed by atoms with van der Waals surface area (Å²) in [6.07, 6.45) is 3.28. The predicted octanol–water partition coefficient (Wildman–Crippen LogP) is 4.76. The summed E-state index contributed by atoms with van der Waals surface area (Å²) in [4.78, 5) is 12.8. The molecule has 0 saturated heterocycles. The molecule has 0 unspecified atom stereocenters. The fraction of sp³-hybridized carbons (Fsp3) is 0.280. The van der Waals surface area contributed by atoms with E-state index in [1.807, 2.05) is 30.3 Å². The molecule has 0 radical (unpaired) electrons. The highest BCUT2D eigenvalue weighted by Crippen LogP contribution is 2.48. The van der Waals surface area contributed by atoms with Crippen molar-refractivity contribution in [2.24, 2.45) is 5.41 Å². The monoisotopic (exact) mass is 430 g/mol. The number of rotatable bonds is 2. The largest absolute Gasteiger partial charge is 0.507 e. The summed E-state index contributed by atoms with van der Waals surface area (Å²) in [6, 6.07) is 9.36. The number of nitrogens with one attached hydrogen (secondary N) is 1. The van der Waals surface area contributed by atoms with Gasteiger partial charge in [0, 0.05) is 41.5 Å². The molecule has 2 N–H and O–H groups in total. The SMILES string of the molecule is CC1(C)CC(=O)C2=C(C1)Oc1ccc(-c3[nH]ncc3-c3ccc4c(c3)OCO4)c(O)c1C2. The molecule has 1 aliphatic carbocycles. The van der Waals surface area contributed by atoms with Crippen molar-refractivity contribution in [3.05, 3.63) is 53.4 Å². The normalized spacial score (nSPS) is 18.2. The van der Waals surface area contributed by atoms with Crippen LogP contribution >= 0.6 is 0 Å². The highest BCUT2D eigenvalue weighted by atomic mass is 16.7. The van der Waals surface area contributed by atoms with Gasteiger partial charge in [-0.05, 0) is 35.2 Å². The number of phenolic OH excluding ortho intramolecular Hbond substituents is 1. The zero-order chi connectivity index (χ0) is 22.0. The minimum Gasteiger partial charge on any atom is -0.507 e. The first-order chi connectivity index (χ1) is 15.4. The molecule has 1 aromatic heterocycles. The Kier molecular flexibility index (Phi) is 3.93. The third-order valence-electron chi connectivity index (χ3n) is 6.37. The number of fused-ring (bicyclic) bond motifs is 2. The molecule has 0 bridgehead atoms. The molecular weight excluding hydrogens is 408 g/mol. The van der Waals surface area contributed by atoms with Crippen molar-refractivity contribution in [1.82, 2.24) is 10.2 Å². The Balaban J connectivity index is 1.40. The van der Waals surface area contributed by atoms with Crippen LogP contribution in [0.4, 0.5) is 0 Å². The number of aromatic nitrogens is 2. The van der Waals surface area contributed by atoms with Crippen LogP contribution in [0.25, 0.3) is 22.4 Å². The van der Waals surface area contributed by atoms with Gasteiger partial charge in [-0.1, -0.05) is 19.9 Å². The molecule has 7 heteroatoms. The lowest BCUT2D eigenvalue weighted by Gasteiger charge is -2.34. The summed E-state index contributed by atoms with van der Waals surface area (Å²) < 4.78 is 17.0. The molecule has 2 aromatic carbocycles. The van der Waals surface area contributed by atoms with Crippen LogP contribution in [-0.2, 0) is 11.2 Å². The average molecular weight is 430 g/mol. The van der Waals surface area contributed by atoms with Gasteiger partial charge < -0.3 is 19.3 Å². The second-order valence-corrected chi connectivity index (χ2v) is 9.29. The van der Waals surface area contributed by atoms with Gasteiger partial charge in [0.2, 0.25) is 6.79 Å². The molecule has 0 spiro atoms. The highest BCUT2D eigenvalue weighted by molar-refractivity contribution is 5.98. The number of nitrogens with zero attached hydrogens (tertiary/aromatic N) is 1. The minimum absolute atomic E-state index is 0.0919. The maximum atomic E-state index is 12.8. The quantitative estimate of drug-likeness (QED) is 0.609. The number of benzene rings is 2. The zero-order valence-electron chi connectivity index (χ0n) is 17.8. The van der Waals surface area contributed by atoms with Crippen LogP contribution in [0, 0.1) is 5.41 Å². The first kappa shape index (κ1) is 19.0. The lowest BCUT2D eigenvalue weighted by atomic mass is 9.74. The van der Waals surface area contributed by atoms with Gasteiger partial charge in [-0.15, -0.1) is 0 Å². The van der Waals surface area contributed by atoms with Gasteiger partial charge in [0.1, 0.15) is 17.3 Å². The molecule has 0 atom stereocenters. The van der Waals surface area contributed by atoms with E-state index in [1.165, 1.54) is 0 Å². The number of hydrogen-bond acceptors (Lipinski definition) is 6. The number of aromatic amines is 1. The number of carbonyl (C=O) groups excluding carboxylic acids is 1. The van der Waals surface area contributed by atoms with E-state index in [1.54, 1.807) is 6.20 Å². The van der Waals surface area contributed by atoms with Gasteiger partial charge in [-0.25, -0.2) is 0 Å². The molecule has 162 valence electrons. The summed E-state index contributed by atoms with van der Waals surface area (Å²) in [5, 5.41) is 18.4. The smallest absolute Gasteiger partial charge is 0.231 e. The Hall–Kier alpha value is -3.74. The molecule has 7 nitrogen and oxygen atoms in total. The Labute approximate surface area is 184 Å². The van der Waals surface area contributed by atoms with Crippen LogP contribution in [0.1, 0.15) is 32.3 Å². The van der Waals surface area contributed by atoms with Gasteiger partial charge in [0.15, 0.2) is 17.3 Å². The van der Waals surface area contributed by atoms with E-state index in [2.05, 4.69) is 24.0 Å². The van der Waals surface area contributed by atoms with E-state index in [0.717, 1.165) is 16.9 Å². The molecule has 32 heavy (non-hydrogen) atoms. The molecule has 6 rings (SSSR count). The van der Waals surface area contributed by atoms with Gasteiger partial charge in [0.25, 0.3) is 0 Å². The molecular formula is C25H22N2O5. The van der Waals surface area contributed by atoms with E-state index in [-0.39, 0.29) is 23.7 Å². The summed E-state index contributed by atoms with van der Waals surface area (Å²) in [6.45, 7) is 4.35. The zero-order valence-corrected chi connectivity index (χ0v) is 17.8. The van der Waals surface area contributed by atoms with Gasteiger partial charge >= 0.3 is 0 Å². The second-order valence-electron chi connectivity index (χ2n) is 9.29. The Morgan fingerprint density at radius 2 is 1.84 bits per heavy atom. The first-order valence-electron chi connectivity index (χ1n) is 10.6. The third kappa shape index (κ3) is 2.88. The Bertz CT molecular complexity index is 1320. The molecule has 0 amide bonds. The fourth-order valence-corrected chi connectivity index (χ4v) is 4.77. The molecule has 3 heterocycles. The molecule has 0 fully saturated rings. The number of Topliss-reactive ketones (excluding diaryl/α,β-unsaturated/α-hetero) is 1. The first-order valence-corrected chi connectivity index (χ1v) is 10.6. The summed E-state index contributed by atoms with van der Waals surface area (Å²) in [5.41, 5.74) is 4.17. The van der Waals surface area contributed by atoms with Crippen molar-refractivity contribution < 1.29 is 24.1 Å². The van der Waals surface area contributed by atoms with Crippen LogP contribution in [0.3, 0.4) is 0 Å². The highest BCUT2D eigenvalue weighted by Gasteiger charge is 2.37. The number of allylic oxidation sites excluding steroid dienone is 2. The van der Waals surface area contributed by atoms with Crippen molar-refractivity contribution in [2.45, 2.75) is 33.1 Å². The van der Waals surface area contributed by atoms with Crippen LogP contribution < -0.4 is 14.2 Å². The predicted molar refractivity (Wildman–Crippen MR) is 117 cm³/mol. The lowest BCUT2D eigenvalue weighted by Crippen LogP contribution is -2.30. The number of H-pyrrole nitrogens is 1. The standard InChI is InChI=1S/C25H22N2O5/c1-25(2)9-18(28)15-8-16-19(32-22(15)10-25)6-4-14(24(16)29)23-17(11-26-27-23)13-3-5-20-21(7-13)31-12-30-20/h3-7,11,29H,8-10,12H2,1-2H3,(H,26,27). The second kappa shape index (κ2) is 6.63. The van der Waals surface area contributed by atoms with Gasteiger partial charge in [-0.3, -0.25) is 9.89 Å². The van der Waals surface area contributed by atoms with E-state index in [9.17, 15) is 9.90 Å². The van der Waals surface area contributed by atoms with E-state index in [4.69, 9.17) is 14.2 Å². The Morgan fingerprint density at radius 1 is 1.03 bits per heavy atom. The lowest BCUT2D eigenvalue weighted by molar-refractivity contribution is -0.118. The number of phenols is 1. The van der Waals surface area contributed by atoms with Crippen molar-refractivity contribution >= 4 is 5.78 Å². The maximum absolute atomic E-state index is 12.8. The van der Waals surface area contributed by atoms with E-state index < -0.39 is 0 Å². The number of ether oxygens (including phenoxy) is 3.